The molecule has 0 radical (unpaired) electrons. The Morgan fingerprint density at radius 1 is 1.05 bits per heavy atom. The van der Waals surface area contributed by atoms with Crippen LogP contribution in [-0.4, -0.2) is 37.3 Å². The lowest BCUT2D eigenvalue weighted by Crippen LogP contribution is -2.46. The lowest BCUT2D eigenvalue weighted by Gasteiger charge is -2.35. The molecule has 2 rings (SSSR count). The van der Waals surface area contributed by atoms with Crippen LogP contribution in [0.15, 0.2) is 12.1 Å². The van der Waals surface area contributed by atoms with Gasteiger partial charge in [0.15, 0.2) is 0 Å². The Kier molecular flexibility index (Phi) is 4.77. The van der Waals surface area contributed by atoms with Gasteiger partial charge in [-0.1, -0.05) is 0 Å². The van der Waals surface area contributed by atoms with E-state index in [0.717, 1.165) is 0 Å². The van der Waals surface area contributed by atoms with Crippen LogP contribution in [0, 0.1) is 17.5 Å². The molecule has 1 aliphatic rings. The monoisotopic (exact) mass is 312 g/mol. The van der Waals surface area contributed by atoms with Crippen LogP contribution in [0.3, 0.4) is 0 Å². The molecule has 0 aliphatic carbocycles. The van der Waals surface area contributed by atoms with Crippen LogP contribution in [-0.2, 0) is 0 Å². The summed E-state index contributed by atoms with van der Waals surface area (Å²) in [6.45, 7) is 1.32. The van der Waals surface area contributed by atoms with E-state index in [4.69, 9.17) is 0 Å². The molecule has 0 bridgehead atoms. The number of benzene rings is 1. The Morgan fingerprint density at radius 3 is 2.05 bits per heavy atom. The highest BCUT2D eigenvalue weighted by Gasteiger charge is 2.38. The molecule has 0 spiro atoms. The van der Waals surface area contributed by atoms with E-state index in [0.29, 0.717) is 25.2 Å². The molecule has 1 aromatic rings. The predicted octanol–water partition coefficient (Wildman–Crippen LogP) is 3.00. The zero-order valence-electron chi connectivity index (χ0n) is 11.0. The lowest BCUT2D eigenvalue weighted by atomic mass is 9.99. The summed E-state index contributed by atoms with van der Waals surface area (Å²) in [5, 5.41) is 2.95. The van der Waals surface area contributed by atoms with Gasteiger partial charge >= 0.3 is 6.18 Å². The quantitative estimate of drug-likeness (QED) is 0.863. The zero-order valence-corrected chi connectivity index (χ0v) is 11.0. The van der Waals surface area contributed by atoms with Crippen molar-refractivity contribution in [2.24, 2.45) is 0 Å². The van der Waals surface area contributed by atoms with Gasteiger partial charge < -0.3 is 5.32 Å². The van der Waals surface area contributed by atoms with Crippen molar-refractivity contribution >= 4 is 0 Å². The molecule has 1 N–H and O–H groups in total. The minimum Gasteiger partial charge on any atom is -0.314 e. The number of alkyl halides is 3. The molecular weight excluding hydrogens is 298 g/mol. The third-order valence-corrected chi connectivity index (χ3v) is 3.39. The third kappa shape index (κ3) is 4.10. The molecule has 1 aromatic carbocycles. The summed E-state index contributed by atoms with van der Waals surface area (Å²) in [6, 6.07) is -0.679. The smallest absolute Gasteiger partial charge is 0.314 e. The number of hydrogen-bond acceptors (Lipinski definition) is 2. The van der Waals surface area contributed by atoms with E-state index in [1.165, 1.54) is 4.90 Å². The standard InChI is InChI=1S/C13H14F6N2/c14-8-5-9(15)12(10(16)6-8)11(7-13(17,18)19)21-3-1-20-2-4-21/h5-6,11,20H,1-4,7H2/t11-/m0/s1. The molecule has 0 amide bonds. The van der Waals surface area contributed by atoms with Crippen LogP contribution in [0.25, 0.3) is 0 Å². The van der Waals surface area contributed by atoms with Crippen LogP contribution < -0.4 is 5.32 Å². The summed E-state index contributed by atoms with van der Waals surface area (Å²) in [7, 11) is 0. The molecule has 1 heterocycles. The van der Waals surface area contributed by atoms with Crippen LogP contribution in [0.1, 0.15) is 18.0 Å². The first-order chi connectivity index (χ1) is 9.78. The highest BCUT2D eigenvalue weighted by molar-refractivity contribution is 5.25. The van der Waals surface area contributed by atoms with Crippen molar-refractivity contribution in [2.45, 2.75) is 18.6 Å². The van der Waals surface area contributed by atoms with Gasteiger partial charge in [0.05, 0.1) is 6.42 Å². The van der Waals surface area contributed by atoms with E-state index in [1.807, 2.05) is 0 Å². The zero-order chi connectivity index (χ0) is 15.6. The third-order valence-electron chi connectivity index (χ3n) is 3.39. The molecular formula is C13H14F6N2. The van der Waals surface area contributed by atoms with Crippen molar-refractivity contribution in [2.75, 3.05) is 26.2 Å². The molecule has 0 unspecified atom stereocenters. The molecule has 118 valence electrons. The maximum Gasteiger partial charge on any atom is 0.390 e. The minimum atomic E-state index is -4.58. The van der Waals surface area contributed by atoms with E-state index < -0.39 is 41.7 Å². The lowest BCUT2D eigenvalue weighted by molar-refractivity contribution is -0.149. The number of nitrogens with one attached hydrogen (secondary N) is 1. The Labute approximate surface area is 117 Å². The fourth-order valence-electron chi connectivity index (χ4n) is 2.50. The van der Waals surface area contributed by atoms with Gasteiger partial charge in [-0.3, -0.25) is 4.90 Å². The van der Waals surface area contributed by atoms with Gasteiger partial charge in [0.1, 0.15) is 17.5 Å². The summed E-state index contributed by atoms with van der Waals surface area (Å²) in [5.74, 6) is -3.74. The number of halogens is 6. The fraction of sp³-hybridized carbons (Fsp3) is 0.538. The molecule has 8 heteroatoms. The van der Waals surface area contributed by atoms with Gasteiger partial charge in [0, 0.05) is 49.9 Å². The predicted molar refractivity (Wildman–Crippen MR) is 64.2 cm³/mol. The summed E-state index contributed by atoms with van der Waals surface area (Å²) >= 11 is 0. The van der Waals surface area contributed by atoms with Crippen LogP contribution in [0.2, 0.25) is 0 Å². The normalized spacial score (nSPS) is 18.8. The number of rotatable bonds is 3. The highest BCUT2D eigenvalue weighted by Crippen LogP contribution is 2.36. The molecule has 1 saturated heterocycles. The van der Waals surface area contributed by atoms with Crippen molar-refractivity contribution in [3.05, 3.63) is 35.1 Å². The molecule has 1 aliphatic heterocycles. The van der Waals surface area contributed by atoms with Gasteiger partial charge in [0.2, 0.25) is 0 Å². The second-order valence-electron chi connectivity index (χ2n) is 4.90. The van der Waals surface area contributed by atoms with Gasteiger partial charge in [-0.05, 0) is 0 Å². The van der Waals surface area contributed by atoms with Gasteiger partial charge in [-0.25, -0.2) is 13.2 Å². The second kappa shape index (κ2) is 6.23. The highest BCUT2D eigenvalue weighted by atomic mass is 19.4. The summed E-state index contributed by atoms with van der Waals surface area (Å²) in [6.07, 6.45) is -5.96. The van der Waals surface area contributed by atoms with Crippen LogP contribution >= 0.6 is 0 Å². The Hall–Kier alpha value is -1.28. The van der Waals surface area contributed by atoms with Gasteiger partial charge in [-0.2, -0.15) is 13.2 Å². The van der Waals surface area contributed by atoms with Gasteiger partial charge in [-0.15, -0.1) is 0 Å². The maximum atomic E-state index is 13.8. The van der Waals surface area contributed by atoms with Crippen molar-refractivity contribution in [1.82, 2.24) is 10.2 Å². The van der Waals surface area contributed by atoms with Crippen molar-refractivity contribution < 1.29 is 26.3 Å². The molecule has 2 nitrogen and oxygen atoms in total. The first-order valence-electron chi connectivity index (χ1n) is 6.44. The van der Waals surface area contributed by atoms with Gasteiger partial charge in [0.25, 0.3) is 0 Å². The fourth-order valence-corrected chi connectivity index (χ4v) is 2.50. The first kappa shape index (κ1) is 16.1. The SMILES string of the molecule is Fc1cc(F)c([C@H](CC(F)(F)F)N2CCNCC2)c(F)c1. The number of piperazine rings is 1. The molecule has 1 atom stereocenters. The van der Waals surface area contributed by atoms with E-state index in [2.05, 4.69) is 5.32 Å². The first-order valence-corrected chi connectivity index (χ1v) is 6.44. The minimum absolute atomic E-state index is 0.233. The van der Waals surface area contributed by atoms with E-state index >= 15 is 0 Å². The van der Waals surface area contributed by atoms with Crippen molar-refractivity contribution in [3.8, 4) is 0 Å². The Balaban J connectivity index is 2.39. The van der Waals surface area contributed by atoms with Crippen molar-refractivity contribution in [3.63, 3.8) is 0 Å². The maximum absolute atomic E-state index is 13.8. The summed E-state index contributed by atoms with van der Waals surface area (Å²) in [5.41, 5.74) is -0.726. The van der Waals surface area contributed by atoms with E-state index in [1.54, 1.807) is 0 Å². The summed E-state index contributed by atoms with van der Waals surface area (Å²) in [4.78, 5) is 1.36. The van der Waals surface area contributed by atoms with Crippen LogP contribution in [0.5, 0.6) is 0 Å². The second-order valence-corrected chi connectivity index (χ2v) is 4.90. The average Bonchev–Trinajstić information content (AvgIpc) is 2.36. The van der Waals surface area contributed by atoms with Crippen molar-refractivity contribution in [1.29, 1.82) is 0 Å². The van der Waals surface area contributed by atoms with Crippen LogP contribution in [0.4, 0.5) is 26.3 Å². The molecule has 21 heavy (non-hydrogen) atoms. The summed E-state index contributed by atoms with van der Waals surface area (Å²) < 4.78 is 78.7. The Morgan fingerprint density at radius 2 is 1.57 bits per heavy atom. The number of hydrogen-bond donors (Lipinski definition) is 1. The largest absolute Gasteiger partial charge is 0.390 e. The average molecular weight is 312 g/mol. The number of nitrogens with zero attached hydrogens (tertiary/aromatic N) is 1. The van der Waals surface area contributed by atoms with E-state index in [-0.39, 0.29) is 13.1 Å². The van der Waals surface area contributed by atoms with E-state index in [9.17, 15) is 26.3 Å². The Bertz CT molecular complexity index is 473. The topological polar surface area (TPSA) is 15.3 Å². The molecule has 1 fully saturated rings. The molecule has 0 aromatic heterocycles. The molecule has 0 saturated carbocycles.